The van der Waals surface area contributed by atoms with Crippen LogP contribution in [-0.4, -0.2) is 19.6 Å². The molecule has 0 saturated heterocycles. The first-order valence-corrected chi connectivity index (χ1v) is 10.2. The van der Waals surface area contributed by atoms with E-state index in [9.17, 15) is 13.2 Å². The van der Waals surface area contributed by atoms with E-state index in [2.05, 4.69) is 10.8 Å². The zero-order chi connectivity index (χ0) is 20.0. The van der Waals surface area contributed by atoms with E-state index < -0.39 is 6.36 Å². The molecule has 28 heavy (non-hydrogen) atoms. The van der Waals surface area contributed by atoms with Gasteiger partial charge in [-0.2, -0.15) is 0 Å². The number of halogens is 3. The van der Waals surface area contributed by atoms with E-state index in [4.69, 9.17) is 9.47 Å². The van der Waals surface area contributed by atoms with Crippen molar-refractivity contribution in [3.8, 4) is 17.2 Å². The van der Waals surface area contributed by atoms with E-state index >= 15 is 0 Å². The zero-order valence-electron chi connectivity index (χ0n) is 16.4. The van der Waals surface area contributed by atoms with Crippen LogP contribution in [0, 0.1) is 18.8 Å². The summed E-state index contributed by atoms with van der Waals surface area (Å²) in [5.74, 6) is 1.19. The minimum absolute atomic E-state index is 0.121. The summed E-state index contributed by atoms with van der Waals surface area (Å²) in [6.07, 6.45) is 8.66. The second-order valence-electron chi connectivity index (χ2n) is 7.81. The lowest BCUT2D eigenvalue weighted by Gasteiger charge is -2.19. The quantitative estimate of drug-likeness (QED) is 0.463. The van der Waals surface area contributed by atoms with Gasteiger partial charge in [-0.3, -0.25) is 0 Å². The predicted octanol–water partition coefficient (Wildman–Crippen LogP) is 6.59. The third-order valence-corrected chi connectivity index (χ3v) is 5.63. The van der Waals surface area contributed by atoms with E-state index in [0.717, 1.165) is 25.7 Å². The van der Waals surface area contributed by atoms with Crippen molar-refractivity contribution in [2.45, 2.75) is 64.7 Å². The summed E-state index contributed by atoms with van der Waals surface area (Å²) in [6.45, 7) is 2.31. The van der Waals surface area contributed by atoms with Crippen LogP contribution in [0.25, 0.3) is 0 Å². The fourth-order valence-electron chi connectivity index (χ4n) is 4.08. The van der Waals surface area contributed by atoms with E-state index in [1.54, 1.807) is 13.0 Å². The van der Waals surface area contributed by atoms with Gasteiger partial charge in [-0.05, 0) is 56.6 Å². The molecule has 2 aliphatic rings. The van der Waals surface area contributed by atoms with Gasteiger partial charge < -0.3 is 14.2 Å². The van der Waals surface area contributed by atoms with Crippen molar-refractivity contribution in [1.29, 1.82) is 0 Å². The number of hydrogen-bond donors (Lipinski definition) is 0. The molecule has 0 spiro atoms. The minimum Gasteiger partial charge on any atom is -0.489 e. The Bertz CT molecular complexity index is 658. The number of hydrogen-bond acceptors (Lipinski definition) is 3. The molecule has 0 N–H and O–H groups in total. The average molecular weight is 398 g/mol. The van der Waals surface area contributed by atoms with Crippen molar-refractivity contribution in [1.82, 2.24) is 0 Å². The first-order valence-electron chi connectivity index (χ1n) is 10.2. The summed E-state index contributed by atoms with van der Waals surface area (Å²) >= 11 is 0. The van der Waals surface area contributed by atoms with Crippen LogP contribution in [0.3, 0.4) is 0 Å². The highest BCUT2D eigenvalue weighted by atomic mass is 19.4. The number of benzene rings is 1. The minimum atomic E-state index is -4.78. The van der Waals surface area contributed by atoms with E-state index in [0.29, 0.717) is 36.4 Å². The Hall–Kier alpha value is -1.85. The molecule has 1 aromatic carbocycles. The van der Waals surface area contributed by atoms with Crippen molar-refractivity contribution < 1.29 is 27.4 Å². The van der Waals surface area contributed by atoms with Crippen molar-refractivity contribution in [2.24, 2.45) is 11.8 Å². The molecule has 156 valence electrons. The monoisotopic (exact) mass is 398 g/mol. The normalized spacial score (nSPS) is 18.9. The van der Waals surface area contributed by atoms with Crippen molar-refractivity contribution in [3.63, 3.8) is 0 Å². The van der Waals surface area contributed by atoms with Gasteiger partial charge >= 0.3 is 6.36 Å². The molecule has 2 saturated carbocycles. The standard InChI is InChI=1S/C22H29F3O3/c1-16-19(26-14-6-11-17-7-2-3-8-17)12-13-20(21(16)28-22(23,24)25)27-15-18-9-4-5-10-18/h6,11-13,17-18H,2-5,7-10,14-15H2,1H3/b11-6+. The van der Waals surface area contributed by atoms with Crippen LogP contribution in [0.5, 0.6) is 17.2 Å². The van der Waals surface area contributed by atoms with E-state index in [1.165, 1.54) is 31.7 Å². The van der Waals surface area contributed by atoms with Gasteiger partial charge in [0, 0.05) is 5.56 Å². The third kappa shape index (κ3) is 6.08. The largest absolute Gasteiger partial charge is 0.573 e. The van der Waals surface area contributed by atoms with Gasteiger partial charge in [0.1, 0.15) is 12.4 Å². The number of alkyl halides is 3. The van der Waals surface area contributed by atoms with Crippen LogP contribution in [0.1, 0.15) is 56.9 Å². The highest BCUT2D eigenvalue weighted by Crippen LogP contribution is 2.40. The summed E-state index contributed by atoms with van der Waals surface area (Å²) in [4.78, 5) is 0. The Labute approximate surface area is 164 Å². The molecule has 0 amide bonds. The van der Waals surface area contributed by atoms with Crippen molar-refractivity contribution in [2.75, 3.05) is 13.2 Å². The van der Waals surface area contributed by atoms with Gasteiger partial charge in [-0.15, -0.1) is 13.2 Å². The third-order valence-electron chi connectivity index (χ3n) is 5.63. The molecule has 3 rings (SSSR count). The average Bonchev–Trinajstić information content (AvgIpc) is 3.33. The molecule has 2 fully saturated rings. The predicted molar refractivity (Wildman–Crippen MR) is 102 cm³/mol. The Balaban J connectivity index is 1.66. The van der Waals surface area contributed by atoms with Gasteiger partial charge in [0.15, 0.2) is 11.5 Å². The molecule has 0 aromatic heterocycles. The molecule has 0 unspecified atom stereocenters. The van der Waals surface area contributed by atoms with Crippen LogP contribution in [0.2, 0.25) is 0 Å². The molecule has 0 atom stereocenters. The molecule has 0 radical (unpaired) electrons. The molecule has 0 heterocycles. The molecular formula is C22H29F3O3. The number of allylic oxidation sites excluding steroid dienone is 1. The van der Waals surface area contributed by atoms with Crippen LogP contribution in [0.15, 0.2) is 24.3 Å². The second kappa shape index (κ2) is 9.57. The molecule has 3 nitrogen and oxygen atoms in total. The molecule has 2 aliphatic carbocycles. The SMILES string of the molecule is Cc1c(OC/C=C/C2CCCC2)ccc(OCC2CCCC2)c1OC(F)(F)F. The summed E-state index contributed by atoms with van der Waals surface area (Å²) < 4.78 is 54.5. The molecule has 6 heteroatoms. The maximum Gasteiger partial charge on any atom is 0.573 e. The van der Waals surface area contributed by atoms with Crippen molar-refractivity contribution >= 4 is 0 Å². The Kier molecular flexibility index (Phi) is 7.13. The Morgan fingerprint density at radius 1 is 0.964 bits per heavy atom. The first-order chi connectivity index (χ1) is 13.4. The lowest BCUT2D eigenvalue weighted by molar-refractivity contribution is -0.275. The maximum absolute atomic E-state index is 12.9. The van der Waals surface area contributed by atoms with Crippen LogP contribution in [-0.2, 0) is 0 Å². The lowest BCUT2D eigenvalue weighted by atomic mass is 10.1. The Morgan fingerprint density at radius 2 is 1.61 bits per heavy atom. The van der Waals surface area contributed by atoms with E-state index in [1.807, 2.05) is 6.08 Å². The number of ether oxygens (including phenoxy) is 3. The highest BCUT2D eigenvalue weighted by molar-refractivity contribution is 5.53. The van der Waals surface area contributed by atoms with Gasteiger partial charge in [0.05, 0.1) is 6.61 Å². The van der Waals surface area contributed by atoms with Gasteiger partial charge in [0.2, 0.25) is 0 Å². The Morgan fingerprint density at radius 3 is 2.29 bits per heavy atom. The zero-order valence-corrected chi connectivity index (χ0v) is 16.4. The topological polar surface area (TPSA) is 27.7 Å². The van der Waals surface area contributed by atoms with Crippen LogP contribution < -0.4 is 14.2 Å². The fourth-order valence-corrected chi connectivity index (χ4v) is 4.08. The molecule has 0 bridgehead atoms. The summed E-state index contributed by atoms with van der Waals surface area (Å²) in [5.41, 5.74) is 0.301. The number of rotatable bonds is 8. The molecule has 1 aromatic rings. The van der Waals surface area contributed by atoms with Crippen molar-refractivity contribution in [3.05, 3.63) is 29.8 Å². The highest BCUT2D eigenvalue weighted by Gasteiger charge is 2.34. The first kappa shape index (κ1) is 20.9. The molecular weight excluding hydrogens is 369 g/mol. The second-order valence-corrected chi connectivity index (χ2v) is 7.81. The van der Waals surface area contributed by atoms with Gasteiger partial charge in [0.25, 0.3) is 0 Å². The molecule has 0 aliphatic heterocycles. The van der Waals surface area contributed by atoms with Crippen LogP contribution >= 0.6 is 0 Å². The van der Waals surface area contributed by atoms with Gasteiger partial charge in [-0.25, -0.2) is 0 Å². The fraction of sp³-hybridized carbons (Fsp3) is 0.636. The summed E-state index contributed by atoms with van der Waals surface area (Å²) in [6, 6.07) is 3.17. The summed E-state index contributed by atoms with van der Waals surface area (Å²) in [5, 5.41) is 0. The lowest BCUT2D eigenvalue weighted by Crippen LogP contribution is -2.19. The van der Waals surface area contributed by atoms with E-state index in [-0.39, 0.29) is 11.5 Å². The summed E-state index contributed by atoms with van der Waals surface area (Å²) in [7, 11) is 0. The van der Waals surface area contributed by atoms with Crippen LogP contribution in [0.4, 0.5) is 13.2 Å². The maximum atomic E-state index is 12.9. The van der Waals surface area contributed by atoms with Gasteiger partial charge in [-0.1, -0.05) is 37.8 Å². The smallest absolute Gasteiger partial charge is 0.489 e.